The largest absolute Gasteiger partial charge is 0.330 e. The first-order valence-corrected chi connectivity index (χ1v) is 8.64. The Morgan fingerprint density at radius 2 is 1.95 bits per heavy atom. The van der Waals surface area contributed by atoms with E-state index in [1.54, 1.807) is 37.5 Å². The van der Waals surface area contributed by atoms with Gasteiger partial charge in [0.25, 0.3) is 0 Å². The van der Waals surface area contributed by atoms with Crippen LogP contribution in [-0.2, 0) is 10.0 Å². The van der Waals surface area contributed by atoms with Crippen LogP contribution in [0.4, 0.5) is 0 Å². The minimum absolute atomic E-state index is 0.277. The number of hydrogen-bond donors (Lipinski definition) is 1. The summed E-state index contributed by atoms with van der Waals surface area (Å²) < 4.78 is 27.2. The van der Waals surface area contributed by atoms with Crippen LogP contribution in [0.25, 0.3) is 10.9 Å². The maximum absolute atomic E-state index is 12.9. The molecule has 0 fully saturated rings. The fourth-order valence-electron chi connectivity index (χ4n) is 2.43. The summed E-state index contributed by atoms with van der Waals surface area (Å²) in [5, 5.41) is 0.653. The molecule has 0 amide bonds. The van der Waals surface area contributed by atoms with Gasteiger partial charge in [-0.25, -0.2) is 12.7 Å². The van der Waals surface area contributed by atoms with Crippen molar-refractivity contribution in [1.29, 1.82) is 0 Å². The van der Waals surface area contributed by atoms with E-state index in [-0.39, 0.29) is 10.3 Å². The second kappa shape index (κ2) is 5.95. The molecule has 0 unspecified atom stereocenters. The van der Waals surface area contributed by atoms with Crippen molar-refractivity contribution in [3.8, 4) is 0 Å². The van der Waals surface area contributed by atoms with Crippen molar-refractivity contribution in [3.63, 3.8) is 0 Å². The van der Waals surface area contributed by atoms with Gasteiger partial charge in [-0.05, 0) is 42.6 Å². The van der Waals surface area contributed by atoms with Gasteiger partial charge < -0.3 is 5.73 Å². The lowest BCUT2D eigenvalue weighted by Gasteiger charge is -2.28. The van der Waals surface area contributed by atoms with Crippen LogP contribution in [0.15, 0.2) is 35.4 Å². The third-order valence-corrected chi connectivity index (χ3v) is 5.68. The minimum Gasteiger partial charge on any atom is -0.330 e. The highest BCUT2D eigenvalue weighted by atomic mass is 32.2. The van der Waals surface area contributed by atoms with Gasteiger partial charge in [-0.2, -0.15) is 0 Å². The third-order valence-electron chi connectivity index (χ3n) is 3.82. The molecule has 0 saturated carbocycles. The highest BCUT2D eigenvalue weighted by Crippen LogP contribution is 2.27. The monoisotopic (exact) mass is 321 g/mol. The summed E-state index contributed by atoms with van der Waals surface area (Å²) in [7, 11) is -2.00. The Bertz CT molecular complexity index is 785. The molecular weight excluding hydrogens is 298 g/mol. The predicted molar refractivity (Wildman–Crippen MR) is 89.1 cm³/mol. The zero-order valence-electron chi connectivity index (χ0n) is 13.5. The molecule has 22 heavy (non-hydrogen) atoms. The molecule has 0 saturated heterocycles. The van der Waals surface area contributed by atoms with Crippen LogP contribution >= 0.6 is 0 Å². The lowest BCUT2D eigenvalue weighted by Crippen LogP contribution is -2.39. The zero-order chi connectivity index (χ0) is 16.5. The average Bonchev–Trinajstić information content (AvgIpc) is 2.47. The lowest BCUT2D eigenvalue weighted by atomic mass is 9.94. The molecule has 120 valence electrons. The fraction of sp³-hybridized carbons (Fsp3) is 0.438. The maximum Gasteiger partial charge on any atom is 0.243 e. The van der Waals surface area contributed by atoms with Gasteiger partial charge in [0.05, 0.1) is 10.4 Å². The van der Waals surface area contributed by atoms with Crippen LogP contribution in [-0.4, -0.2) is 37.8 Å². The second-order valence-corrected chi connectivity index (χ2v) is 8.42. The molecule has 2 N–H and O–H groups in total. The van der Waals surface area contributed by atoms with E-state index < -0.39 is 10.0 Å². The topological polar surface area (TPSA) is 76.3 Å². The zero-order valence-corrected chi connectivity index (χ0v) is 14.3. The number of aromatic nitrogens is 1. The van der Waals surface area contributed by atoms with E-state index in [9.17, 15) is 8.42 Å². The molecule has 0 aliphatic rings. The van der Waals surface area contributed by atoms with E-state index in [0.717, 1.165) is 11.1 Å². The first kappa shape index (κ1) is 16.9. The molecule has 0 radical (unpaired) electrons. The van der Waals surface area contributed by atoms with Gasteiger partial charge in [-0.3, -0.25) is 4.98 Å². The van der Waals surface area contributed by atoms with Crippen LogP contribution in [0.2, 0.25) is 0 Å². The Labute approximate surface area is 132 Å². The van der Waals surface area contributed by atoms with Crippen LogP contribution in [0, 0.1) is 12.3 Å². The Morgan fingerprint density at radius 1 is 1.27 bits per heavy atom. The molecule has 0 atom stereocenters. The fourth-order valence-corrected chi connectivity index (χ4v) is 3.97. The van der Waals surface area contributed by atoms with Crippen molar-refractivity contribution in [2.24, 2.45) is 11.1 Å². The van der Waals surface area contributed by atoms with Gasteiger partial charge in [0.2, 0.25) is 10.0 Å². The Balaban J connectivity index is 2.53. The van der Waals surface area contributed by atoms with E-state index in [1.807, 2.05) is 20.8 Å². The van der Waals surface area contributed by atoms with Crippen LogP contribution in [0.3, 0.4) is 0 Å². The standard InChI is InChI=1S/C16H23N3O2S/c1-12-7-8-14(13-6-5-9-18-15(12)13)22(20,21)19(4)11-16(2,3)10-17/h5-9H,10-11,17H2,1-4H3. The van der Waals surface area contributed by atoms with Crippen LogP contribution in [0.1, 0.15) is 19.4 Å². The smallest absolute Gasteiger partial charge is 0.243 e. The number of nitrogens with two attached hydrogens (primary N) is 1. The third kappa shape index (κ3) is 3.14. The van der Waals surface area contributed by atoms with Gasteiger partial charge in [0.1, 0.15) is 0 Å². The molecule has 0 spiro atoms. The molecule has 0 aliphatic heterocycles. The molecule has 5 nitrogen and oxygen atoms in total. The lowest BCUT2D eigenvalue weighted by molar-refractivity contribution is 0.292. The van der Waals surface area contributed by atoms with Crippen molar-refractivity contribution in [2.75, 3.05) is 20.1 Å². The number of nitrogens with zero attached hydrogens (tertiary/aromatic N) is 2. The summed E-state index contributed by atoms with van der Waals surface area (Å²) in [5.74, 6) is 0. The van der Waals surface area contributed by atoms with Crippen molar-refractivity contribution in [2.45, 2.75) is 25.7 Å². The highest BCUT2D eigenvalue weighted by molar-refractivity contribution is 7.89. The van der Waals surface area contributed by atoms with E-state index in [4.69, 9.17) is 5.73 Å². The van der Waals surface area contributed by atoms with Gasteiger partial charge in [-0.15, -0.1) is 0 Å². The molecule has 2 rings (SSSR count). The number of aryl methyl sites for hydroxylation is 1. The Morgan fingerprint density at radius 3 is 2.59 bits per heavy atom. The molecule has 1 aromatic carbocycles. The number of pyridine rings is 1. The molecule has 0 bridgehead atoms. The Kier molecular flexibility index (Phi) is 4.56. The molecule has 0 aliphatic carbocycles. The van der Waals surface area contributed by atoms with Gasteiger partial charge >= 0.3 is 0 Å². The van der Waals surface area contributed by atoms with Crippen LogP contribution in [0.5, 0.6) is 0 Å². The van der Waals surface area contributed by atoms with Crippen molar-refractivity contribution >= 4 is 20.9 Å². The summed E-state index contributed by atoms with van der Waals surface area (Å²) >= 11 is 0. The van der Waals surface area contributed by atoms with Gasteiger partial charge in [0, 0.05) is 25.2 Å². The quantitative estimate of drug-likeness (QED) is 0.915. The van der Waals surface area contributed by atoms with Gasteiger partial charge in [0.15, 0.2) is 0 Å². The maximum atomic E-state index is 12.9. The van der Waals surface area contributed by atoms with Gasteiger partial charge in [-0.1, -0.05) is 19.9 Å². The first-order chi connectivity index (χ1) is 10.2. The number of sulfonamides is 1. The minimum atomic E-state index is -3.59. The summed E-state index contributed by atoms with van der Waals surface area (Å²) in [6, 6.07) is 7.00. The van der Waals surface area contributed by atoms with E-state index >= 15 is 0 Å². The van der Waals surface area contributed by atoms with E-state index in [0.29, 0.717) is 18.5 Å². The van der Waals surface area contributed by atoms with E-state index in [1.165, 1.54) is 4.31 Å². The summed E-state index contributed by atoms with van der Waals surface area (Å²) in [6.45, 7) is 6.61. The summed E-state index contributed by atoms with van der Waals surface area (Å²) in [6.07, 6.45) is 1.67. The van der Waals surface area contributed by atoms with Crippen molar-refractivity contribution in [1.82, 2.24) is 9.29 Å². The number of benzene rings is 1. The Hall–Kier alpha value is -1.50. The predicted octanol–water partition coefficient (Wildman–Crippen LogP) is 2.15. The molecule has 1 aromatic heterocycles. The second-order valence-electron chi connectivity index (χ2n) is 6.41. The molecular formula is C16H23N3O2S. The molecule has 1 heterocycles. The normalized spacial score (nSPS) is 13.0. The average molecular weight is 321 g/mol. The molecule has 6 heteroatoms. The summed E-state index contributed by atoms with van der Waals surface area (Å²) in [4.78, 5) is 4.59. The number of fused-ring (bicyclic) bond motifs is 1. The van der Waals surface area contributed by atoms with Crippen molar-refractivity contribution in [3.05, 3.63) is 36.0 Å². The summed E-state index contributed by atoms with van der Waals surface area (Å²) in [5.41, 5.74) is 7.11. The molecule has 2 aromatic rings. The van der Waals surface area contributed by atoms with Crippen LogP contribution < -0.4 is 5.73 Å². The SMILES string of the molecule is Cc1ccc(S(=O)(=O)N(C)CC(C)(C)CN)c2cccnc12. The first-order valence-electron chi connectivity index (χ1n) is 7.20. The highest BCUT2D eigenvalue weighted by Gasteiger charge is 2.28. The van der Waals surface area contributed by atoms with E-state index in [2.05, 4.69) is 4.98 Å². The number of rotatable bonds is 5. The van der Waals surface area contributed by atoms with Crippen molar-refractivity contribution < 1.29 is 8.42 Å². The number of hydrogen-bond acceptors (Lipinski definition) is 4.